The Bertz CT molecular complexity index is 175. The molecule has 3 saturated carbocycles. The summed E-state index contributed by atoms with van der Waals surface area (Å²) in [4.78, 5) is 4.77. The number of fused-ring (bicyclic) bond motifs is 2. The first-order valence-electron chi connectivity index (χ1n) is 4.98. The smallest absolute Gasteiger partial charge is 0.0710 e. The number of hydrogen-bond acceptors (Lipinski definition) is 2. The molecular weight excluding hydrogens is 150 g/mol. The quantitative estimate of drug-likeness (QED) is 0.641. The fourth-order valence-corrected chi connectivity index (χ4v) is 3.29. The van der Waals surface area contributed by atoms with Crippen LogP contribution >= 0.6 is 0 Å². The highest BCUT2D eigenvalue weighted by molar-refractivity contribution is 5.03. The van der Waals surface area contributed by atoms with E-state index < -0.39 is 0 Å². The standard InChI is InChI=1S/C10H19NO/c1-10(2)8-4-3-7(6-12-11)9(10)5-8/h7-9H,3-6,11H2,1-2H3/t7-,8+,9-/m0/s1. The monoisotopic (exact) mass is 169 g/mol. The molecule has 0 amide bonds. The second kappa shape index (κ2) is 2.71. The maximum atomic E-state index is 5.13. The highest BCUT2D eigenvalue weighted by atomic mass is 16.6. The Morgan fingerprint density at radius 3 is 2.67 bits per heavy atom. The number of nitrogens with two attached hydrogens (primary N) is 1. The molecule has 2 N–H and O–H groups in total. The fraction of sp³-hybridized carbons (Fsp3) is 1.00. The minimum Gasteiger partial charge on any atom is -0.304 e. The first kappa shape index (κ1) is 8.52. The molecule has 3 aliphatic carbocycles. The van der Waals surface area contributed by atoms with Gasteiger partial charge in [-0.25, -0.2) is 5.90 Å². The van der Waals surface area contributed by atoms with E-state index in [4.69, 9.17) is 10.7 Å². The summed E-state index contributed by atoms with van der Waals surface area (Å²) in [6, 6.07) is 0. The molecule has 0 aromatic rings. The molecule has 3 atom stereocenters. The topological polar surface area (TPSA) is 35.2 Å². The third-order valence-corrected chi connectivity index (χ3v) is 4.31. The van der Waals surface area contributed by atoms with Crippen molar-refractivity contribution < 1.29 is 4.84 Å². The third-order valence-electron chi connectivity index (χ3n) is 4.31. The van der Waals surface area contributed by atoms with Crippen LogP contribution in [-0.4, -0.2) is 6.61 Å². The minimum atomic E-state index is 0.571. The van der Waals surface area contributed by atoms with Crippen LogP contribution in [-0.2, 0) is 4.84 Å². The summed E-state index contributed by atoms with van der Waals surface area (Å²) in [6.07, 6.45) is 4.13. The van der Waals surface area contributed by atoms with Crippen molar-refractivity contribution in [3.8, 4) is 0 Å². The van der Waals surface area contributed by atoms with Crippen molar-refractivity contribution in [2.75, 3.05) is 6.61 Å². The molecule has 3 rings (SSSR count). The van der Waals surface area contributed by atoms with Crippen LogP contribution in [0.2, 0.25) is 0 Å². The molecular formula is C10H19NO. The lowest BCUT2D eigenvalue weighted by Gasteiger charge is -2.60. The Morgan fingerprint density at radius 1 is 1.42 bits per heavy atom. The van der Waals surface area contributed by atoms with E-state index in [2.05, 4.69) is 13.8 Å². The molecule has 0 heterocycles. The van der Waals surface area contributed by atoms with E-state index in [0.717, 1.165) is 24.4 Å². The molecule has 0 aliphatic heterocycles. The van der Waals surface area contributed by atoms with Crippen molar-refractivity contribution in [3.63, 3.8) is 0 Å². The maximum Gasteiger partial charge on any atom is 0.0710 e. The summed E-state index contributed by atoms with van der Waals surface area (Å²) in [5.41, 5.74) is 0.571. The third kappa shape index (κ3) is 1.01. The molecule has 12 heavy (non-hydrogen) atoms. The van der Waals surface area contributed by atoms with Crippen LogP contribution in [0.4, 0.5) is 0 Å². The van der Waals surface area contributed by atoms with Crippen molar-refractivity contribution in [1.29, 1.82) is 0 Å². The van der Waals surface area contributed by atoms with Gasteiger partial charge in [0.05, 0.1) is 6.61 Å². The molecule has 70 valence electrons. The van der Waals surface area contributed by atoms with Gasteiger partial charge in [-0.1, -0.05) is 13.8 Å². The Kier molecular flexibility index (Phi) is 1.92. The van der Waals surface area contributed by atoms with Crippen LogP contribution in [0.15, 0.2) is 0 Å². The Hall–Kier alpha value is -0.0800. The zero-order valence-corrected chi connectivity index (χ0v) is 8.05. The molecule has 3 aliphatic rings. The van der Waals surface area contributed by atoms with Crippen molar-refractivity contribution in [1.82, 2.24) is 0 Å². The lowest BCUT2D eigenvalue weighted by atomic mass is 9.46. The molecule has 2 nitrogen and oxygen atoms in total. The maximum absolute atomic E-state index is 5.13. The lowest BCUT2D eigenvalue weighted by molar-refractivity contribution is -0.124. The van der Waals surface area contributed by atoms with Gasteiger partial charge in [-0.15, -0.1) is 0 Å². The van der Waals surface area contributed by atoms with Gasteiger partial charge in [0, 0.05) is 0 Å². The van der Waals surface area contributed by atoms with Gasteiger partial charge in [0.2, 0.25) is 0 Å². The van der Waals surface area contributed by atoms with Crippen LogP contribution in [0.5, 0.6) is 0 Å². The lowest BCUT2D eigenvalue weighted by Crippen LogP contribution is -2.53. The fourth-order valence-electron chi connectivity index (χ4n) is 3.29. The van der Waals surface area contributed by atoms with Crippen LogP contribution in [0, 0.1) is 23.2 Å². The summed E-state index contributed by atoms with van der Waals surface area (Å²) < 4.78 is 0. The van der Waals surface area contributed by atoms with Crippen molar-refractivity contribution in [2.45, 2.75) is 33.1 Å². The predicted octanol–water partition coefficient (Wildman–Crippen LogP) is 1.95. The second-order valence-corrected chi connectivity index (χ2v) is 5.03. The van der Waals surface area contributed by atoms with Gasteiger partial charge in [-0.3, -0.25) is 0 Å². The van der Waals surface area contributed by atoms with Gasteiger partial charge >= 0.3 is 0 Å². The average Bonchev–Trinajstić information content (AvgIpc) is 2.05. The second-order valence-electron chi connectivity index (χ2n) is 5.03. The first-order valence-corrected chi connectivity index (χ1v) is 4.98. The van der Waals surface area contributed by atoms with Gasteiger partial charge in [0.1, 0.15) is 0 Å². The van der Waals surface area contributed by atoms with Gasteiger partial charge in [-0.2, -0.15) is 0 Å². The summed E-state index contributed by atoms with van der Waals surface area (Å²) in [5.74, 6) is 7.72. The molecule has 0 spiro atoms. The SMILES string of the molecule is CC1(C)[C@@H]2CC[C@@H](CON)[C@@H]1C2. The van der Waals surface area contributed by atoms with Gasteiger partial charge in [0.25, 0.3) is 0 Å². The van der Waals surface area contributed by atoms with Crippen LogP contribution in [0.25, 0.3) is 0 Å². The van der Waals surface area contributed by atoms with Gasteiger partial charge < -0.3 is 4.84 Å². The van der Waals surface area contributed by atoms with Gasteiger partial charge in [-0.05, 0) is 42.4 Å². The van der Waals surface area contributed by atoms with E-state index in [1.807, 2.05) is 0 Å². The van der Waals surface area contributed by atoms with Crippen LogP contribution in [0.1, 0.15) is 33.1 Å². The van der Waals surface area contributed by atoms with Crippen molar-refractivity contribution in [3.05, 3.63) is 0 Å². The van der Waals surface area contributed by atoms with E-state index in [0.29, 0.717) is 5.41 Å². The summed E-state index contributed by atoms with van der Waals surface area (Å²) in [5, 5.41) is 0. The van der Waals surface area contributed by atoms with Crippen LogP contribution < -0.4 is 5.90 Å². The van der Waals surface area contributed by atoms with E-state index in [9.17, 15) is 0 Å². The van der Waals surface area contributed by atoms with Gasteiger partial charge in [0.15, 0.2) is 0 Å². The molecule has 0 unspecified atom stereocenters. The largest absolute Gasteiger partial charge is 0.304 e. The summed E-state index contributed by atoms with van der Waals surface area (Å²) in [7, 11) is 0. The highest BCUT2D eigenvalue weighted by Crippen LogP contribution is 2.61. The Balaban J connectivity index is 2.01. The van der Waals surface area contributed by atoms with Crippen molar-refractivity contribution in [2.24, 2.45) is 29.1 Å². The van der Waals surface area contributed by atoms with E-state index in [1.165, 1.54) is 19.3 Å². The summed E-state index contributed by atoms with van der Waals surface area (Å²) in [6.45, 7) is 5.56. The molecule has 0 aromatic heterocycles. The zero-order valence-electron chi connectivity index (χ0n) is 8.05. The zero-order chi connectivity index (χ0) is 8.77. The van der Waals surface area contributed by atoms with E-state index in [-0.39, 0.29) is 0 Å². The van der Waals surface area contributed by atoms with Crippen LogP contribution in [0.3, 0.4) is 0 Å². The molecule has 0 radical (unpaired) electrons. The normalized spacial score (nSPS) is 43.8. The number of hydrogen-bond donors (Lipinski definition) is 1. The molecule has 3 fully saturated rings. The van der Waals surface area contributed by atoms with Crippen molar-refractivity contribution >= 4 is 0 Å². The highest BCUT2D eigenvalue weighted by Gasteiger charge is 2.53. The van der Waals surface area contributed by atoms with E-state index >= 15 is 0 Å². The molecule has 0 saturated heterocycles. The molecule has 0 aromatic carbocycles. The average molecular weight is 169 g/mol. The molecule has 2 bridgehead atoms. The predicted molar refractivity (Wildman–Crippen MR) is 48.2 cm³/mol. The number of rotatable bonds is 2. The Labute approximate surface area is 74.4 Å². The molecule has 2 heteroatoms. The summed E-state index contributed by atoms with van der Waals surface area (Å²) >= 11 is 0. The minimum absolute atomic E-state index is 0.571. The Morgan fingerprint density at radius 2 is 2.17 bits per heavy atom. The van der Waals surface area contributed by atoms with E-state index in [1.54, 1.807) is 0 Å². The first-order chi connectivity index (χ1) is 5.66.